The maximum Gasteiger partial charge on any atom is 0.0490 e. The van der Waals surface area contributed by atoms with Crippen molar-refractivity contribution in [1.29, 1.82) is 0 Å². The summed E-state index contributed by atoms with van der Waals surface area (Å²) in [7, 11) is 0. The summed E-state index contributed by atoms with van der Waals surface area (Å²) in [5.41, 5.74) is 4.83. The van der Waals surface area contributed by atoms with E-state index in [0.29, 0.717) is 0 Å². The van der Waals surface area contributed by atoms with Crippen LogP contribution in [0.3, 0.4) is 0 Å². The number of allylic oxidation sites excluding steroid dienone is 1. The van der Waals surface area contributed by atoms with Crippen molar-refractivity contribution in [3.63, 3.8) is 0 Å². The Labute approximate surface area is 114 Å². The Morgan fingerprint density at radius 3 is 2.71 bits per heavy atom. The van der Waals surface area contributed by atoms with Crippen LogP contribution < -0.4 is 0 Å². The van der Waals surface area contributed by atoms with Gasteiger partial charge < -0.3 is 0 Å². The molecule has 0 amide bonds. The van der Waals surface area contributed by atoms with Gasteiger partial charge in [0.25, 0.3) is 0 Å². The lowest BCUT2D eigenvalue weighted by molar-refractivity contribution is 1.31. The molecule has 3 rings (SSSR count). The van der Waals surface area contributed by atoms with Gasteiger partial charge in [-0.25, -0.2) is 0 Å². The molecule has 1 aliphatic rings. The van der Waals surface area contributed by atoms with E-state index < -0.39 is 0 Å². The Kier molecular flexibility index (Phi) is 2.81. The fourth-order valence-corrected chi connectivity index (χ4v) is 2.94. The molecule has 0 aromatic heterocycles. The zero-order chi connectivity index (χ0) is 11.8. The fourth-order valence-electron chi connectivity index (χ4n) is 2.16. The second-order valence-electron chi connectivity index (χ2n) is 4.12. The number of benzene rings is 2. The van der Waals surface area contributed by atoms with Gasteiger partial charge in [0.1, 0.15) is 0 Å². The summed E-state index contributed by atoms with van der Waals surface area (Å²) in [6, 6.07) is 12.4. The smallest absolute Gasteiger partial charge is 0.0490 e. The van der Waals surface area contributed by atoms with E-state index in [1.54, 1.807) is 0 Å². The number of halogens is 2. The third-order valence-corrected chi connectivity index (χ3v) is 4.03. The van der Waals surface area contributed by atoms with Gasteiger partial charge in [-0.15, -0.1) is 0 Å². The summed E-state index contributed by atoms with van der Waals surface area (Å²) in [6.45, 7) is 0. The molecule has 0 spiro atoms. The van der Waals surface area contributed by atoms with Crippen molar-refractivity contribution in [2.24, 2.45) is 0 Å². The maximum atomic E-state index is 6.36. The SMILES string of the molecule is Clc1cc2c(cc1-c1ccccc1Br)CC=C2. The highest BCUT2D eigenvalue weighted by Crippen LogP contribution is 2.36. The van der Waals surface area contributed by atoms with E-state index in [2.05, 4.69) is 46.3 Å². The molecule has 0 aliphatic heterocycles. The average Bonchev–Trinajstić information content (AvgIpc) is 2.76. The lowest BCUT2D eigenvalue weighted by atomic mass is 10.0. The highest BCUT2D eigenvalue weighted by atomic mass is 79.9. The summed E-state index contributed by atoms with van der Waals surface area (Å²) in [4.78, 5) is 0. The highest BCUT2D eigenvalue weighted by Gasteiger charge is 2.12. The van der Waals surface area contributed by atoms with Gasteiger partial charge in [-0.05, 0) is 41.3 Å². The van der Waals surface area contributed by atoms with Gasteiger partial charge in [0.15, 0.2) is 0 Å². The van der Waals surface area contributed by atoms with Crippen molar-refractivity contribution in [2.45, 2.75) is 6.42 Å². The largest absolute Gasteiger partial charge is 0.0836 e. The molecule has 2 aromatic rings. The van der Waals surface area contributed by atoms with Gasteiger partial charge in [-0.3, -0.25) is 0 Å². The van der Waals surface area contributed by atoms with Crippen molar-refractivity contribution >= 4 is 33.6 Å². The topological polar surface area (TPSA) is 0 Å². The minimum absolute atomic E-state index is 0.808. The summed E-state index contributed by atoms with van der Waals surface area (Å²) < 4.78 is 1.08. The molecule has 2 heteroatoms. The van der Waals surface area contributed by atoms with Crippen LogP contribution in [0, 0.1) is 0 Å². The van der Waals surface area contributed by atoms with Gasteiger partial charge in [-0.2, -0.15) is 0 Å². The van der Waals surface area contributed by atoms with Crippen LogP contribution in [-0.4, -0.2) is 0 Å². The fraction of sp³-hybridized carbons (Fsp3) is 0.0667. The van der Waals surface area contributed by atoms with Crippen molar-refractivity contribution in [3.8, 4) is 11.1 Å². The van der Waals surface area contributed by atoms with E-state index in [1.807, 2.05) is 18.2 Å². The second kappa shape index (κ2) is 4.32. The monoisotopic (exact) mass is 304 g/mol. The van der Waals surface area contributed by atoms with Crippen molar-refractivity contribution < 1.29 is 0 Å². The van der Waals surface area contributed by atoms with Gasteiger partial charge in [-0.1, -0.05) is 57.9 Å². The summed E-state index contributed by atoms with van der Waals surface area (Å²) in [5, 5.41) is 0.808. The highest BCUT2D eigenvalue weighted by molar-refractivity contribution is 9.10. The molecule has 0 heterocycles. The lowest BCUT2D eigenvalue weighted by Gasteiger charge is -2.09. The molecule has 0 N–H and O–H groups in total. The van der Waals surface area contributed by atoms with Crippen LogP contribution in [0.2, 0.25) is 5.02 Å². The second-order valence-corrected chi connectivity index (χ2v) is 5.38. The van der Waals surface area contributed by atoms with Crippen LogP contribution in [0.4, 0.5) is 0 Å². The predicted molar refractivity (Wildman–Crippen MR) is 77.3 cm³/mol. The minimum atomic E-state index is 0.808. The molecule has 0 saturated heterocycles. The lowest BCUT2D eigenvalue weighted by Crippen LogP contribution is -1.87. The molecule has 2 aromatic carbocycles. The summed E-state index contributed by atoms with van der Waals surface area (Å²) >= 11 is 9.93. The molecule has 0 nitrogen and oxygen atoms in total. The molecule has 0 saturated carbocycles. The minimum Gasteiger partial charge on any atom is -0.0836 e. The zero-order valence-corrected chi connectivity index (χ0v) is 11.4. The Hall–Kier alpha value is -1.05. The quantitative estimate of drug-likeness (QED) is 0.667. The summed E-state index contributed by atoms with van der Waals surface area (Å²) in [5.74, 6) is 0. The van der Waals surface area contributed by atoms with Gasteiger partial charge in [0.2, 0.25) is 0 Å². The molecule has 0 unspecified atom stereocenters. The average molecular weight is 306 g/mol. The third kappa shape index (κ3) is 1.94. The van der Waals surface area contributed by atoms with Crippen molar-refractivity contribution in [1.82, 2.24) is 0 Å². The molecular weight excluding hydrogens is 296 g/mol. The Morgan fingerprint density at radius 2 is 1.88 bits per heavy atom. The first-order chi connectivity index (χ1) is 8.25. The third-order valence-electron chi connectivity index (χ3n) is 3.03. The molecule has 84 valence electrons. The summed E-state index contributed by atoms with van der Waals surface area (Å²) in [6.07, 6.45) is 5.31. The van der Waals surface area contributed by atoms with E-state index in [9.17, 15) is 0 Å². The molecule has 0 bridgehead atoms. The first-order valence-corrected chi connectivity index (χ1v) is 6.66. The van der Waals surface area contributed by atoms with Crippen LogP contribution in [0.5, 0.6) is 0 Å². The van der Waals surface area contributed by atoms with Crippen LogP contribution in [0.25, 0.3) is 17.2 Å². The molecule has 1 aliphatic carbocycles. The first-order valence-electron chi connectivity index (χ1n) is 5.49. The van der Waals surface area contributed by atoms with E-state index in [1.165, 1.54) is 11.1 Å². The van der Waals surface area contributed by atoms with Gasteiger partial charge >= 0.3 is 0 Å². The van der Waals surface area contributed by atoms with Crippen molar-refractivity contribution in [3.05, 3.63) is 63.1 Å². The number of hydrogen-bond acceptors (Lipinski definition) is 0. The van der Waals surface area contributed by atoms with Gasteiger partial charge in [0.05, 0.1) is 0 Å². The van der Waals surface area contributed by atoms with Crippen LogP contribution in [-0.2, 0) is 6.42 Å². The standard InChI is InChI=1S/C15H10BrCl/c16-14-7-2-1-6-12(14)13-8-10-4-3-5-11(10)9-15(13)17/h1-3,5-9H,4H2. The molecular formula is C15H10BrCl. The van der Waals surface area contributed by atoms with Crippen LogP contribution in [0.15, 0.2) is 46.9 Å². The normalized spacial score (nSPS) is 12.8. The van der Waals surface area contributed by atoms with E-state index in [4.69, 9.17) is 11.6 Å². The maximum absolute atomic E-state index is 6.36. The molecule has 0 fully saturated rings. The van der Waals surface area contributed by atoms with Gasteiger partial charge in [0, 0.05) is 15.1 Å². The van der Waals surface area contributed by atoms with E-state index in [-0.39, 0.29) is 0 Å². The number of fused-ring (bicyclic) bond motifs is 1. The Bertz CT molecular complexity index is 614. The number of hydrogen-bond donors (Lipinski definition) is 0. The van der Waals surface area contributed by atoms with Crippen LogP contribution >= 0.6 is 27.5 Å². The molecule has 17 heavy (non-hydrogen) atoms. The van der Waals surface area contributed by atoms with E-state index >= 15 is 0 Å². The molecule has 0 atom stereocenters. The Balaban J connectivity index is 2.20. The zero-order valence-electron chi connectivity index (χ0n) is 9.08. The first kappa shape index (κ1) is 11.1. The van der Waals surface area contributed by atoms with Crippen molar-refractivity contribution in [2.75, 3.05) is 0 Å². The predicted octanol–water partition coefficient (Wildman–Crippen LogP) is 5.34. The molecule has 0 radical (unpaired) electrons. The van der Waals surface area contributed by atoms with Crippen LogP contribution in [0.1, 0.15) is 11.1 Å². The Morgan fingerprint density at radius 1 is 1.06 bits per heavy atom. The number of rotatable bonds is 1. The van der Waals surface area contributed by atoms with E-state index in [0.717, 1.165) is 27.0 Å².